The maximum atomic E-state index is 9.00. The van der Waals surface area contributed by atoms with Crippen molar-refractivity contribution in [1.29, 1.82) is 0 Å². The van der Waals surface area contributed by atoms with Crippen LogP contribution in [0.5, 0.6) is 0 Å². The highest BCUT2D eigenvalue weighted by molar-refractivity contribution is 5.69. The van der Waals surface area contributed by atoms with Crippen molar-refractivity contribution in [2.24, 2.45) is 11.5 Å². The normalized spacial score (nSPS) is 11.3. The van der Waals surface area contributed by atoms with Crippen LogP contribution in [0, 0.1) is 0 Å². The quantitative estimate of drug-likeness (QED) is 0.543. The van der Waals surface area contributed by atoms with Crippen molar-refractivity contribution in [3.63, 3.8) is 0 Å². The molecule has 0 aliphatic heterocycles. The molecule has 1 unspecified atom stereocenters. The maximum Gasteiger partial charge on any atom is 0.309 e. The Morgan fingerprint density at radius 3 is 2.31 bits per heavy atom. The lowest BCUT2D eigenvalue weighted by atomic mass is 10.4. The molecule has 0 saturated heterocycles. The van der Waals surface area contributed by atoms with Gasteiger partial charge in [-0.3, -0.25) is 0 Å². The Balaban J connectivity index is 0. The lowest BCUT2D eigenvalue weighted by Gasteiger charge is -2.03. The van der Waals surface area contributed by atoms with Crippen molar-refractivity contribution in [1.82, 2.24) is 0 Å². The average molecular weight is 192 g/mol. The van der Waals surface area contributed by atoms with E-state index >= 15 is 0 Å². The smallest absolute Gasteiger partial charge is 0.309 e. The summed E-state index contributed by atoms with van der Waals surface area (Å²) in [6.07, 6.45) is 1.92. The van der Waals surface area contributed by atoms with E-state index in [-0.39, 0.29) is 6.10 Å². The summed E-state index contributed by atoms with van der Waals surface area (Å²) in [4.78, 5) is 9.00. The molecule has 0 aliphatic carbocycles. The van der Waals surface area contributed by atoms with E-state index in [1.54, 1.807) is 6.92 Å². The van der Waals surface area contributed by atoms with Crippen LogP contribution in [0.3, 0.4) is 0 Å². The summed E-state index contributed by atoms with van der Waals surface area (Å²) >= 11 is 0. The molecule has 1 atom stereocenters. The molecule has 0 rings (SSSR count). The topological polar surface area (TPSA) is 98.6 Å². The van der Waals surface area contributed by atoms with Crippen LogP contribution < -0.4 is 11.5 Å². The second-order valence-corrected chi connectivity index (χ2v) is 2.68. The Labute approximate surface area is 79.0 Å². The van der Waals surface area contributed by atoms with Crippen molar-refractivity contribution in [2.75, 3.05) is 13.2 Å². The number of aliphatic hydroxyl groups excluding tert-OH is 1. The SMILES string of the molecule is CCCCOCC(C)O.NC(N)=O. The largest absolute Gasteiger partial charge is 0.391 e. The third-order valence-corrected chi connectivity index (χ3v) is 1.00. The number of carbonyl (C=O) groups excluding carboxylic acids is 1. The summed E-state index contributed by atoms with van der Waals surface area (Å²) in [5.41, 5.74) is 8.50. The number of hydrogen-bond acceptors (Lipinski definition) is 3. The van der Waals surface area contributed by atoms with Gasteiger partial charge in [0.15, 0.2) is 0 Å². The third kappa shape index (κ3) is 35.1. The van der Waals surface area contributed by atoms with Crippen LogP contribution in [0.15, 0.2) is 0 Å². The zero-order valence-electron chi connectivity index (χ0n) is 8.32. The van der Waals surface area contributed by atoms with Crippen LogP contribution in [0.25, 0.3) is 0 Å². The highest BCUT2D eigenvalue weighted by Gasteiger charge is 1.92. The number of urea groups is 1. The van der Waals surface area contributed by atoms with Gasteiger partial charge >= 0.3 is 6.03 Å². The van der Waals surface area contributed by atoms with Crippen LogP contribution in [0.1, 0.15) is 26.7 Å². The van der Waals surface area contributed by atoms with Crippen molar-refractivity contribution in [3.05, 3.63) is 0 Å². The van der Waals surface area contributed by atoms with Gasteiger partial charge in [-0.25, -0.2) is 4.79 Å². The second-order valence-electron chi connectivity index (χ2n) is 2.68. The fraction of sp³-hybridized carbons (Fsp3) is 0.875. The van der Waals surface area contributed by atoms with Gasteiger partial charge < -0.3 is 21.3 Å². The van der Waals surface area contributed by atoms with Crippen LogP contribution >= 0.6 is 0 Å². The molecule has 0 aromatic carbocycles. The Morgan fingerprint density at radius 1 is 1.54 bits per heavy atom. The number of aliphatic hydroxyl groups is 1. The summed E-state index contributed by atoms with van der Waals surface area (Å²) in [5, 5.41) is 8.73. The number of ether oxygens (including phenoxy) is 1. The molecule has 0 saturated carbocycles. The number of carbonyl (C=O) groups is 1. The highest BCUT2D eigenvalue weighted by Crippen LogP contribution is 1.89. The van der Waals surface area contributed by atoms with Gasteiger partial charge in [0.1, 0.15) is 0 Å². The fourth-order valence-corrected chi connectivity index (χ4v) is 0.500. The second kappa shape index (κ2) is 11.2. The number of nitrogens with two attached hydrogens (primary N) is 2. The minimum absolute atomic E-state index is 0.318. The van der Waals surface area contributed by atoms with E-state index in [4.69, 9.17) is 14.6 Å². The molecule has 0 aromatic heterocycles. The highest BCUT2D eigenvalue weighted by atomic mass is 16.5. The van der Waals surface area contributed by atoms with Gasteiger partial charge in [-0.2, -0.15) is 0 Å². The van der Waals surface area contributed by atoms with Crippen LogP contribution in [0.2, 0.25) is 0 Å². The van der Waals surface area contributed by atoms with Crippen molar-refractivity contribution >= 4 is 6.03 Å². The molecule has 5 nitrogen and oxygen atoms in total. The van der Waals surface area contributed by atoms with Gasteiger partial charge in [-0.15, -0.1) is 0 Å². The summed E-state index contributed by atoms with van der Waals surface area (Å²) in [7, 11) is 0. The summed E-state index contributed by atoms with van der Waals surface area (Å²) in [6.45, 7) is 5.10. The van der Waals surface area contributed by atoms with E-state index in [0.717, 1.165) is 19.4 Å². The molecule has 5 N–H and O–H groups in total. The minimum atomic E-state index is -0.833. The van der Waals surface area contributed by atoms with Crippen molar-refractivity contribution in [3.8, 4) is 0 Å². The number of primary amides is 2. The molecule has 0 radical (unpaired) electrons. The molecule has 0 aliphatic rings. The molecule has 0 fully saturated rings. The molecule has 13 heavy (non-hydrogen) atoms. The first-order chi connectivity index (χ1) is 6.00. The van der Waals surface area contributed by atoms with Crippen LogP contribution in [0.4, 0.5) is 4.79 Å². The monoisotopic (exact) mass is 192 g/mol. The van der Waals surface area contributed by atoms with E-state index in [2.05, 4.69) is 18.4 Å². The standard InChI is InChI=1S/C7H16O2.CH4N2O/c1-3-4-5-9-6-7(2)8;2-1(3)4/h7-8H,3-6H2,1-2H3;(H4,2,3,4). The number of hydrogen-bond donors (Lipinski definition) is 3. The van der Waals surface area contributed by atoms with Crippen LogP contribution in [-0.4, -0.2) is 30.5 Å². The molecule has 0 heterocycles. The van der Waals surface area contributed by atoms with Crippen LogP contribution in [-0.2, 0) is 4.74 Å². The molecule has 2 amide bonds. The minimum Gasteiger partial charge on any atom is -0.391 e. The van der Waals surface area contributed by atoms with E-state index in [1.165, 1.54) is 0 Å². The van der Waals surface area contributed by atoms with Crippen molar-refractivity contribution in [2.45, 2.75) is 32.8 Å². The van der Waals surface area contributed by atoms with E-state index in [0.29, 0.717) is 6.61 Å². The lowest BCUT2D eigenvalue weighted by Crippen LogP contribution is -2.18. The van der Waals surface area contributed by atoms with E-state index in [9.17, 15) is 0 Å². The van der Waals surface area contributed by atoms with Gasteiger partial charge in [-0.05, 0) is 13.3 Å². The van der Waals surface area contributed by atoms with Crippen molar-refractivity contribution < 1.29 is 14.6 Å². The molecular weight excluding hydrogens is 172 g/mol. The molecule has 80 valence electrons. The Bertz CT molecular complexity index is 114. The summed E-state index contributed by atoms with van der Waals surface area (Å²) in [6, 6.07) is -0.833. The summed E-state index contributed by atoms with van der Waals surface area (Å²) < 4.78 is 5.09. The molecule has 0 spiro atoms. The first-order valence-corrected chi connectivity index (χ1v) is 4.31. The first kappa shape index (κ1) is 14.7. The molecule has 0 bridgehead atoms. The maximum absolute atomic E-state index is 9.00. The first-order valence-electron chi connectivity index (χ1n) is 4.31. The zero-order chi connectivity index (χ0) is 10.7. The number of rotatable bonds is 5. The number of amides is 2. The summed E-state index contributed by atoms with van der Waals surface area (Å²) in [5.74, 6) is 0. The fourth-order valence-electron chi connectivity index (χ4n) is 0.500. The Hall–Kier alpha value is -0.810. The van der Waals surface area contributed by atoms with E-state index in [1.807, 2.05) is 0 Å². The lowest BCUT2D eigenvalue weighted by molar-refractivity contribution is 0.0450. The molecular formula is C8H20N2O3. The van der Waals surface area contributed by atoms with Gasteiger partial charge in [0.25, 0.3) is 0 Å². The Kier molecular flexibility index (Phi) is 12.7. The average Bonchev–Trinajstić information content (AvgIpc) is 1.97. The van der Waals surface area contributed by atoms with Gasteiger partial charge in [0, 0.05) is 6.61 Å². The van der Waals surface area contributed by atoms with Gasteiger partial charge in [-0.1, -0.05) is 13.3 Å². The molecule has 5 heteroatoms. The Morgan fingerprint density at radius 2 is 2.00 bits per heavy atom. The predicted octanol–water partition coefficient (Wildman–Crippen LogP) is 0.208. The van der Waals surface area contributed by atoms with E-state index < -0.39 is 6.03 Å². The number of unbranched alkanes of at least 4 members (excludes halogenated alkanes) is 1. The third-order valence-electron chi connectivity index (χ3n) is 1.00. The van der Waals surface area contributed by atoms with Gasteiger partial charge in [0.2, 0.25) is 0 Å². The van der Waals surface area contributed by atoms with Gasteiger partial charge in [0.05, 0.1) is 12.7 Å². The zero-order valence-corrected chi connectivity index (χ0v) is 8.32. The molecule has 0 aromatic rings. The predicted molar refractivity (Wildman–Crippen MR) is 51.2 cm³/mol.